The number of nitrogens with zero attached hydrogens (tertiary/aromatic N) is 7. The van der Waals surface area contributed by atoms with E-state index in [2.05, 4.69) is 21.0 Å². The second-order valence-electron chi connectivity index (χ2n) is 12.7. The number of alkyl halides is 2. The van der Waals surface area contributed by atoms with Crippen LogP contribution in [0.15, 0.2) is 46.8 Å². The van der Waals surface area contributed by atoms with Crippen LogP contribution in [-0.2, 0) is 6.54 Å². The van der Waals surface area contributed by atoms with E-state index in [4.69, 9.17) is 16.3 Å². The average molecular weight is 722 g/mol. The standard InChI is InChI=1S/C35H34ClF2N7O4S/c1-19-42-26-17-41-31(43(4)21-8-11-44(12-9-21)35(2,3)34(37)38)24(16-39)28(26)32(46)45(19)13-14-49-27-6-5-20(36)15-23(27)22-7-10-40-29-25(33(47)48)18-50-30(22)29/h5-7,10,15,17-18,21,34H,8-9,11-14H2,1-4H3,(H,47,48). The van der Waals surface area contributed by atoms with Gasteiger partial charge >= 0.3 is 5.97 Å². The van der Waals surface area contributed by atoms with Crippen LogP contribution >= 0.6 is 22.9 Å². The number of nitriles is 1. The number of aromatic nitrogens is 4. The molecule has 5 heterocycles. The fourth-order valence-corrected chi connectivity index (χ4v) is 7.67. The van der Waals surface area contributed by atoms with Gasteiger partial charge in [0, 0.05) is 53.9 Å². The van der Waals surface area contributed by atoms with Crippen molar-refractivity contribution in [1.29, 1.82) is 5.26 Å². The molecule has 1 saturated heterocycles. The lowest BCUT2D eigenvalue weighted by Crippen LogP contribution is -2.55. The number of aromatic carboxylic acids is 1. The van der Waals surface area contributed by atoms with Crippen LogP contribution in [0, 0.1) is 18.3 Å². The average Bonchev–Trinajstić information content (AvgIpc) is 3.54. The normalized spacial score (nSPS) is 14.4. The summed E-state index contributed by atoms with van der Waals surface area (Å²) in [5, 5.41) is 22.0. The zero-order valence-electron chi connectivity index (χ0n) is 27.8. The van der Waals surface area contributed by atoms with E-state index in [1.165, 1.54) is 28.3 Å². The molecule has 11 nitrogen and oxygen atoms in total. The summed E-state index contributed by atoms with van der Waals surface area (Å²) in [7, 11) is 1.81. The molecular formula is C35H34ClF2N7O4S. The van der Waals surface area contributed by atoms with E-state index in [0.717, 1.165) is 0 Å². The quantitative estimate of drug-likeness (QED) is 0.167. The van der Waals surface area contributed by atoms with Crippen LogP contribution in [0.5, 0.6) is 5.75 Å². The number of ether oxygens (including phenoxy) is 1. The van der Waals surface area contributed by atoms with Gasteiger partial charge in [-0.05, 0) is 57.9 Å². The molecule has 5 aromatic rings. The Hall–Kier alpha value is -4.71. The van der Waals surface area contributed by atoms with Gasteiger partial charge in [-0.3, -0.25) is 19.2 Å². The van der Waals surface area contributed by atoms with Gasteiger partial charge in [-0.2, -0.15) is 5.26 Å². The number of rotatable bonds is 10. The van der Waals surface area contributed by atoms with E-state index in [0.29, 0.717) is 75.2 Å². The number of benzene rings is 1. The molecule has 0 bridgehead atoms. The Morgan fingerprint density at radius 3 is 2.66 bits per heavy atom. The first kappa shape index (κ1) is 35.1. The molecule has 6 rings (SSSR count). The Balaban J connectivity index is 1.26. The molecule has 1 aliphatic heterocycles. The maximum atomic E-state index is 14.0. The molecular weight excluding hydrogens is 688 g/mol. The third kappa shape index (κ3) is 6.36. The molecule has 0 unspecified atom stereocenters. The van der Waals surface area contributed by atoms with Crippen molar-refractivity contribution < 1.29 is 23.4 Å². The van der Waals surface area contributed by atoms with E-state index in [9.17, 15) is 28.7 Å². The van der Waals surface area contributed by atoms with Crippen LogP contribution in [0.4, 0.5) is 14.6 Å². The van der Waals surface area contributed by atoms with E-state index in [-0.39, 0.29) is 35.7 Å². The Morgan fingerprint density at radius 2 is 1.98 bits per heavy atom. The summed E-state index contributed by atoms with van der Waals surface area (Å²) in [6, 6.07) is 9.01. The first-order chi connectivity index (χ1) is 23.8. The number of carboxylic acids is 1. The van der Waals surface area contributed by atoms with Crippen molar-refractivity contribution in [2.45, 2.75) is 58.2 Å². The molecule has 260 valence electrons. The van der Waals surface area contributed by atoms with Crippen molar-refractivity contribution in [3.63, 3.8) is 0 Å². The van der Waals surface area contributed by atoms with Gasteiger partial charge in [0.2, 0.25) is 0 Å². The Morgan fingerprint density at radius 1 is 1.24 bits per heavy atom. The minimum absolute atomic E-state index is 0.0640. The molecule has 0 radical (unpaired) electrons. The fraction of sp³-hybridized carbons (Fsp3) is 0.371. The summed E-state index contributed by atoms with van der Waals surface area (Å²) in [4.78, 5) is 42.8. The predicted molar refractivity (Wildman–Crippen MR) is 189 cm³/mol. The Kier molecular flexibility index (Phi) is 9.76. The molecule has 0 spiro atoms. The fourth-order valence-electron chi connectivity index (χ4n) is 6.47. The van der Waals surface area contributed by atoms with E-state index in [1.54, 1.807) is 62.4 Å². The number of carbonyl (C=O) groups is 1. The summed E-state index contributed by atoms with van der Waals surface area (Å²) >= 11 is 7.63. The minimum Gasteiger partial charge on any atom is -0.491 e. The van der Waals surface area contributed by atoms with Crippen LogP contribution in [-0.4, -0.2) is 80.2 Å². The lowest BCUT2D eigenvalue weighted by molar-refractivity contribution is -0.0424. The van der Waals surface area contributed by atoms with Crippen LogP contribution in [0.2, 0.25) is 5.02 Å². The monoisotopic (exact) mass is 721 g/mol. The summed E-state index contributed by atoms with van der Waals surface area (Å²) in [6.07, 6.45) is 1.73. The number of thiophene rings is 1. The molecule has 1 fully saturated rings. The third-order valence-corrected chi connectivity index (χ3v) is 10.7. The van der Waals surface area contributed by atoms with Crippen LogP contribution in [0.25, 0.3) is 32.2 Å². The summed E-state index contributed by atoms with van der Waals surface area (Å²) in [5.41, 5.74) is 0.564. The number of pyridine rings is 2. The Bertz CT molecular complexity index is 2210. The number of likely N-dealkylation sites (tertiary alicyclic amines) is 1. The van der Waals surface area contributed by atoms with Crippen molar-refractivity contribution in [2.24, 2.45) is 0 Å². The first-order valence-corrected chi connectivity index (χ1v) is 17.2. The third-order valence-electron chi connectivity index (χ3n) is 9.47. The lowest BCUT2D eigenvalue weighted by Gasteiger charge is -2.44. The highest BCUT2D eigenvalue weighted by Crippen LogP contribution is 2.40. The molecule has 50 heavy (non-hydrogen) atoms. The maximum Gasteiger partial charge on any atom is 0.338 e. The smallest absolute Gasteiger partial charge is 0.338 e. The number of anilines is 1. The van der Waals surface area contributed by atoms with E-state index < -0.39 is 23.5 Å². The van der Waals surface area contributed by atoms with Crippen molar-refractivity contribution in [1.82, 2.24) is 24.4 Å². The molecule has 0 atom stereocenters. The van der Waals surface area contributed by atoms with Gasteiger partial charge in [0.15, 0.2) is 0 Å². The van der Waals surface area contributed by atoms with Gasteiger partial charge in [-0.1, -0.05) is 11.6 Å². The summed E-state index contributed by atoms with van der Waals surface area (Å²) in [5.74, 6) is 0.157. The van der Waals surface area contributed by atoms with Gasteiger partial charge in [0.25, 0.3) is 12.0 Å². The molecule has 0 amide bonds. The number of aryl methyl sites for hydroxylation is 1. The molecule has 1 aliphatic rings. The lowest BCUT2D eigenvalue weighted by atomic mass is 9.96. The predicted octanol–water partition coefficient (Wildman–Crippen LogP) is 6.62. The van der Waals surface area contributed by atoms with Gasteiger partial charge in [-0.15, -0.1) is 11.3 Å². The highest BCUT2D eigenvalue weighted by Gasteiger charge is 2.39. The van der Waals surface area contributed by atoms with Crippen molar-refractivity contribution in [2.75, 3.05) is 31.6 Å². The largest absolute Gasteiger partial charge is 0.491 e. The number of halogens is 3. The zero-order valence-corrected chi connectivity index (χ0v) is 29.4. The Labute approximate surface area is 295 Å². The molecule has 1 N–H and O–H groups in total. The molecule has 0 aliphatic carbocycles. The van der Waals surface area contributed by atoms with Crippen LogP contribution in [0.1, 0.15) is 48.4 Å². The molecule has 0 saturated carbocycles. The first-order valence-electron chi connectivity index (χ1n) is 15.9. The minimum atomic E-state index is -2.48. The number of fused-ring (bicyclic) bond motifs is 2. The molecule has 1 aromatic carbocycles. The summed E-state index contributed by atoms with van der Waals surface area (Å²) in [6.45, 7) is 5.89. The van der Waals surface area contributed by atoms with Crippen LogP contribution in [0.3, 0.4) is 0 Å². The van der Waals surface area contributed by atoms with Gasteiger partial charge in [0.05, 0.1) is 45.0 Å². The number of hydrogen-bond donors (Lipinski definition) is 1. The molecule has 4 aromatic heterocycles. The van der Waals surface area contributed by atoms with Gasteiger partial charge in [-0.25, -0.2) is 23.5 Å². The number of piperidine rings is 1. The number of hydrogen-bond acceptors (Lipinski definition) is 10. The zero-order chi connectivity index (χ0) is 35.9. The summed E-state index contributed by atoms with van der Waals surface area (Å²) < 4.78 is 35.6. The van der Waals surface area contributed by atoms with Crippen molar-refractivity contribution in [3.8, 4) is 22.9 Å². The van der Waals surface area contributed by atoms with E-state index in [1.807, 2.05) is 4.90 Å². The van der Waals surface area contributed by atoms with Crippen molar-refractivity contribution >= 4 is 55.8 Å². The second-order valence-corrected chi connectivity index (χ2v) is 14.0. The SMILES string of the molecule is Cc1nc2cnc(N(C)C3CCN(C(C)(C)C(F)F)CC3)c(C#N)c2c(=O)n1CCOc1ccc(Cl)cc1-c1ccnc2c(C(=O)O)csc12. The highest BCUT2D eigenvalue weighted by molar-refractivity contribution is 7.18. The topological polar surface area (TPSA) is 137 Å². The van der Waals surface area contributed by atoms with E-state index >= 15 is 0 Å². The van der Waals surface area contributed by atoms with Crippen molar-refractivity contribution in [3.05, 3.63) is 74.4 Å². The second kappa shape index (κ2) is 13.9. The van der Waals surface area contributed by atoms with Gasteiger partial charge in [0.1, 0.15) is 35.6 Å². The maximum absolute atomic E-state index is 14.0. The molecule has 15 heteroatoms. The number of carboxylic acid groups (broad SMARTS) is 1. The van der Waals surface area contributed by atoms with Gasteiger partial charge < -0.3 is 14.7 Å². The van der Waals surface area contributed by atoms with Crippen LogP contribution < -0.4 is 15.2 Å². The highest BCUT2D eigenvalue weighted by atomic mass is 35.5.